The molecule has 1 N–H and O–H groups in total. The van der Waals surface area contributed by atoms with E-state index in [4.69, 9.17) is 32.9 Å². The summed E-state index contributed by atoms with van der Waals surface area (Å²) in [5, 5.41) is 11.3. The Morgan fingerprint density at radius 3 is 2.06 bits per heavy atom. The molecule has 2 aliphatic rings. The third kappa shape index (κ3) is 9.48. The molecule has 0 bridgehead atoms. The quantitative estimate of drug-likeness (QED) is 0.238. The fourth-order valence-electron chi connectivity index (χ4n) is 5.96. The first-order valence-electron chi connectivity index (χ1n) is 15.8. The van der Waals surface area contributed by atoms with Crippen molar-refractivity contribution >= 4 is 57.3 Å². The molecule has 2 amide bonds. The van der Waals surface area contributed by atoms with Crippen LogP contribution in [0, 0.1) is 0 Å². The van der Waals surface area contributed by atoms with Crippen molar-refractivity contribution in [2.24, 2.45) is 4.99 Å². The molecule has 49 heavy (non-hydrogen) atoms. The Morgan fingerprint density at radius 1 is 0.959 bits per heavy atom. The van der Waals surface area contributed by atoms with E-state index in [1.54, 1.807) is 4.90 Å². The summed E-state index contributed by atoms with van der Waals surface area (Å²) >= 11 is 12.6. The number of rotatable bonds is 10. The van der Waals surface area contributed by atoms with Crippen molar-refractivity contribution in [2.75, 3.05) is 57.9 Å². The van der Waals surface area contributed by atoms with Gasteiger partial charge in [-0.15, -0.1) is 12.4 Å². The molecule has 0 radical (unpaired) electrons. The number of ether oxygens (including phenoxy) is 1. The lowest BCUT2D eigenvalue weighted by molar-refractivity contribution is 0.122. The number of amidine groups is 1. The fourth-order valence-corrected chi connectivity index (χ4v) is 6.80. The zero-order chi connectivity index (χ0) is 33.9. The highest BCUT2D eigenvalue weighted by Gasteiger charge is 2.45. The van der Waals surface area contributed by atoms with E-state index in [9.17, 15) is 18.3 Å². The fraction of sp³-hybridized carbons (Fsp3) is 0.444. The number of aliphatic imine (C=N–C) groups is 1. The average Bonchev–Trinajstić information content (AvgIpc) is 3.44. The molecule has 5 rings (SSSR count). The second kappa shape index (κ2) is 16.9. The summed E-state index contributed by atoms with van der Waals surface area (Å²) in [6.07, 6.45) is 1.24. The number of urea groups is 1. The Kier molecular flexibility index (Phi) is 14.0. The van der Waals surface area contributed by atoms with Crippen LogP contribution in [0.5, 0.6) is 5.75 Å². The predicted molar refractivity (Wildman–Crippen MR) is 202 cm³/mol. The lowest BCUT2D eigenvalue weighted by atomic mass is 9.85. The summed E-state index contributed by atoms with van der Waals surface area (Å²) in [4.78, 5) is 25.7. The molecule has 0 saturated carbocycles. The first-order valence-corrected chi connectivity index (χ1v) is 18.6. The number of sulfone groups is 1. The number of hydrogen-bond donors (Lipinski definition) is 1. The normalized spacial score (nSPS) is 18.4. The number of halogens is 3. The topological polar surface area (TPSA) is 103 Å². The molecular weight excluding hydrogens is 707 g/mol. The third-order valence-corrected chi connectivity index (χ3v) is 10.2. The minimum Gasteiger partial charge on any atom is -0.493 e. The van der Waals surface area contributed by atoms with Crippen molar-refractivity contribution in [3.05, 3.63) is 99.0 Å². The van der Waals surface area contributed by atoms with Gasteiger partial charge in [0.1, 0.15) is 27.5 Å². The van der Waals surface area contributed by atoms with Gasteiger partial charge in [0.05, 0.1) is 30.6 Å². The van der Waals surface area contributed by atoms with Crippen molar-refractivity contribution in [1.82, 2.24) is 14.7 Å². The van der Waals surface area contributed by atoms with Gasteiger partial charge in [-0.25, -0.2) is 13.2 Å². The number of benzene rings is 3. The van der Waals surface area contributed by atoms with Crippen LogP contribution in [0.15, 0.2) is 71.7 Å². The van der Waals surface area contributed by atoms with Crippen LogP contribution in [0.3, 0.4) is 0 Å². The molecule has 0 unspecified atom stereocenters. The smallest absolute Gasteiger partial charge is 0.326 e. The summed E-state index contributed by atoms with van der Waals surface area (Å²) in [6, 6.07) is 19.6. The predicted octanol–water partition coefficient (Wildman–Crippen LogP) is 7.05. The standard InChI is InChI=1S/C35H42Cl2N4O5S.CH4.ClH/c1-5-46-30-22-26(35(2,3)23-42)10-15-29(30)33-38-31(24-6-11-27(36)12-7-24)32(25-8-13-28(37)14-9-25)41(33)34(43)40-18-16-39(17-19-40)20-21-47(4,44)45;;/h6-15,22,31-32,42H,5,16-21,23H2,1-4H3;1H4;1H/t31-,32+;;/m0../s1. The Balaban J connectivity index is 0.00000325. The molecule has 0 spiro atoms. The van der Waals surface area contributed by atoms with E-state index in [0.717, 1.165) is 16.7 Å². The summed E-state index contributed by atoms with van der Waals surface area (Å²) in [5.74, 6) is 1.13. The summed E-state index contributed by atoms with van der Waals surface area (Å²) in [5.41, 5.74) is 2.82. The highest BCUT2D eigenvalue weighted by atomic mass is 35.5. The molecule has 1 saturated heterocycles. The van der Waals surface area contributed by atoms with Gasteiger partial charge in [0.15, 0.2) is 0 Å². The minimum absolute atomic E-state index is 0. The van der Waals surface area contributed by atoms with E-state index in [2.05, 4.69) is 4.90 Å². The van der Waals surface area contributed by atoms with E-state index in [1.807, 2.05) is 92.4 Å². The van der Waals surface area contributed by atoms with Gasteiger partial charge in [0.2, 0.25) is 0 Å². The molecule has 1 fully saturated rings. The zero-order valence-corrected chi connectivity index (χ0v) is 30.7. The van der Waals surface area contributed by atoms with Crippen LogP contribution in [0.2, 0.25) is 10.0 Å². The SMILES string of the molecule is C.CCOc1cc(C(C)(C)CO)ccc1C1=N[C@@H](c2ccc(Cl)cc2)[C@@H](c2ccc(Cl)cc2)N1C(=O)N1CCN(CCS(C)(=O)=O)CC1.Cl. The third-order valence-electron chi connectivity index (χ3n) is 8.82. The zero-order valence-electron chi connectivity index (χ0n) is 27.6. The molecule has 2 atom stereocenters. The van der Waals surface area contributed by atoms with Crippen molar-refractivity contribution < 1.29 is 23.1 Å². The van der Waals surface area contributed by atoms with Gasteiger partial charge in [0, 0.05) is 54.4 Å². The van der Waals surface area contributed by atoms with Crippen molar-refractivity contribution in [2.45, 2.75) is 45.7 Å². The van der Waals surface area contributed by atoms with Crippen LogP contribution in [0.1, 0.15) is 62.5 Å². The summed E-state index contributed by atoms with van der Waals surface area (Å²) < 4.78 is 29.7. The monoisotopic (exact) mass is 752 g/mol. The second-order valence-corrected chi connectivity index (χ2v) is 15.9. The molecule has 0 aliphatic carbocycles. The molecule has 2 heterocycles. The number of aliphatic hydroxyl groups is 1. The molecular formula is C36H47Cl3N4O5S. The van der Waals surface area contributed by atoms with Crippen LogP contribution in [0.4, 0.5) is 4.79 Å². The summed E-state index contributed by atoms with van der Waals surface area (Å²) in [6.45, 7) is 8.60. The Hall–Kier alpha value is -2.86. The second-order valence-electron chi connectivity index (χ2n) is 12.7. The largest absolute Gasteiger partial charge is 0.493 e. The van der Waals surface area contributed by atoms with Crippen molar-refractivity contribution in [1.29, 1.82) is 0 Å². The molecule has 13 heteroatoms. The average molecular weight is 754 g/mol. The molecule has 2 aliphatic heterocycles. The highest BCUT2D eigenvalue weighted by Crippen LogP contribution is 2.46. The van der Waals surface area contributed by atoms with Gasteiger partial charge in [-0.3, -0.25) is 14.8 Å². The van der Waals surface area contributed by atoms with Gasteiger partial charge in [-0.2, -0.15) is 0 Å². The number of carbonyl (C=O) groups is 1. The lowest BCUT2D eigenvalue weighted by Crippen LogP contribution is -2.54. The van der Waals surface area contributed by atoms with Gasteiger partial charge in [-0.1, -0.05) is 74.8 Å². The first-order chi connectivity index (χ1) is 22.3. The first kappa shape index (κ1) is 40.6. The van der Waals surface area contributed by atoms with E-state index < -0.39 is 27.3 Å². The molecule has 3 aromatic carbocycles. The maximum absolute atomic E-state index is 14.8. The lowest BCUT2D eigenvalue weighted by Gasteiger charge is -2.39. The van der Waals surface area contributed by atoms with Gasteiger partial charge < -0.3 is 14.7 Å². The van der Waals surface area contributed by atoms with E-state index in [-0.39, 0.29) is 38.2 Å². The van der Waals surface area contributed by atoms with Crippen LogP contribution < -0.4 is 4.74 Å². The number of hydrogen-bond acceptors (Lipinski definition) is 7. The molecule has 3 aromatic rings. The minimum atomic E-state index is -3.09. The van der Waals surface area contributed by atoms with E-state index in [1.165, 1.54) is 6.26 Å². The number of carbonyl (C=O) groups excluding carboxylic acids is 1. The summed E-state index contributed by atoms with van der Waals surface area (Å²) in [7, 11) is -3.09. The maximum Gasteiger partial charge on any atom is 0.326 e. The van der Waals surface area contributed by atoms with Gasteiger partial charge in [0.25, 0.3) is 0 Å². The number of amides is 2. The number of aliphatic hydroxyl groups excluding tert-OH is 1. The Morgan fingerprint density at radius 2 is 1.53 bits per heavy atom. The highest BCUT2D eigenvalue weighted by molar-refractivity contribution is 7.90. The number of nitrogens with zero attached hydrogens (tertiary/aromatic N) is 4. The van der Waals surface area contributed by atoms with E-state index in [0.29, 0.717) is 66.5 Å². The van der Waals surface area contributed by atoms with Gasteiger partial charge >= 0.3 is 6.03 Å². The van der Waals surface area contributed by atoms with Crippen LogP contribution in [-0.2, 0) is 15.3 Å². The number of piperazine rings is 1. The van der Waals surface area contributed by atoms with Crippen molar-refractivity contribution in [3.63, 3.8) is 0 Å². The van der Waals surface area contributed by atoms with Crippen molar-refractivity contribution in [3.8, 4) is 5.75 Å². The Bertz CT molecular complexity index is 1710. The van der Waals surface area contributed by atoms with E-state index >= 15 is 0 Å². The molecule has 9 nitrogen and oxygen atoms in total. The van der Waals surface area contributed by atoms with Crippen LogP contribution >= 0.6 is 35.6 Å². The molecule has 268 valence electrons. The molecule has 0 aromatic heterocycles. The van der Waals surface area contributed by atoms with Crippen LogP contribution in [-0.4, -0.2) is 98.0 Å². The maximum atomic E-state index is 14.8. The Labute approximate surface area is 307 Å². The van der Waals surface area contributed by atoms with Gasteiger partial charge in [-0.05, 0) is 60.0 Å². The van der Waals surface area contributed by atoms with Crippen LogP contribution in [0.25, 0.3) is 0 Å².